The van der Waals surface area contributed by atoms with Crippen molar-refractivity contribution in [1.82, 2.24) is 0 Å². The van der Waals surface area contributed by atoms with Crippen molar-refractivity contribution in [3.05, 3.63) is 48.0 Å². The molecule has 0 spiro atoms. The maximum absolute atomic E-state index is 12.5. The van der Waals surface area contributed by atoms with Crippen molar-refractivity contribution < 1.29 is 19.1 Å². The van der Waals surface area contributed by atoms with Crippen LogP contribution >= 0.6 is 0 Å². The van der Waals surface area contributed by atoms with E-state index < -0.39 is 0 Å². The van der Waals surface area contributed by atoms with E-state index in [0.29, 0.717) is 36.0 Å². The van der Waals surface area contributed by atoms with Gasteiger partial charge >= 0.3 is 0 Å². The first-order valence-corrected chi connectivity index (χ1v) is 9.22. The van der Waals surface area contributed by atoms with Crippen molar-refractivity contribution in [3.63, 3.8) is 0 Å². The lowest BCUT2D eigenvalue weighted by molar-refractivity contribution is -0.117. The lowest BCUT2D eigenvalue weighted by Crippen LogP contribution is -2.14. The Morgan fingerprint density at radius 2 is 1.48 bits per heavy atom. The molecule has 1 fully saturated rings. The largest absolute Gasteiger partial charge is 0.490 e. The molecule has 3 rings (SSSR count). The SMILES string of the molecule is CCOc1ccc(C(=O)Nc2ccc(NC(=O)C3CC3)cc2)cc1OCC. The van der Waals surface area contributed by atoms with Gasteiger partial charge in [0.25, 0.3) is 5.91 Å². The number of benzene rings is 2. The zero-order chi connectivity index (χ0) is 19.2. The van der Waals surface area contributed by atoms with Crippen LogP contribution in [-0.4, -0.2) is 25.0 Å². The van der Waals surface area contributed by atoms with Crippen LogP contribution in [0.4, 0.5) is 11.4 Å². The Morgan fingerprint density at radius 1 is 0.889 bits per heavy atom. The summed E-state index contributed by atoms with van der Waals surface area (Å²) in [7, 11) is 0. The average Bonchev–Trinajstić information content (AvgIpc) is 3.50. The second-order valence-corrected chi connectivity index (χ2v) is 6.32. The summed E-state index contributed by atoms with van der Waals surface area (Å²) in [4.78, 5) is 24.3. The number of carbonyl (C=O) groups excluding carboxylic acids is 2. The Hall–Kier alpha value is -3.02. The first kappa shape index (κ1) is 18.8. The van der Waals surface area contributed by atoms with Gasteiger partial charge in [0.1, 0.15) is 0 Å². The van der Waals surface area contributed by atoms with Gasteiger partial charge < -0.3 is 20.1 Å². The van der Waals surface area contributed by atoms with Crippen LogP contribution in [0.25, 0.3) is 0 Å². The molecule has 0 saturated heterocycles. The molecule has 1 aliphatic rings. The molecule has 6 nitrogen and oxygen atoms in total. The van der Waals surface area contributed by atoms with Gasteiger partial charge in [0.2, 0.25) is 5.91 Å². The van der Waals surface area contributed by atoms with E-state index in [0.717, 1.165) is 18.5 Å². The molecular formula is C21H24N2O4. The van der Waals surface area contributed by atoms with Gasteiger partial charge in [-0.1, -0.05) is 0 Å². The number of hydrogen-bond acceptors (Lipinski definition) is 4. The molecule has 0 aromatic heterocycles. The van der Waals surface area contributed by atoms with E-state index in [4.69, 9.17) is 9.47 Å². The van der Waals surface area contributed by atoms with Crippen LogP contribution in [0.1, 0.15) is 37.0 Å². The number of nitrogens with one attached hydrogen (secondary N) is 2. The lowest BCUT2D eigenvalue weighted by Gasteiger charge is -2.12. The third-order valence-electron chi connectivity index (χ3n) is 4.16. The van der Waals surface area contributed by atoms with Crippen molar-refractivity contribution in [2.45, 2.75) is 26.7 Å². The highest BCUT2D eigenvalue weighted by atomic mass is 16.5. The maximum Gasteiger partial charge on any atom is 0.255 e. The molecule has 0 radical (unpaired) electrons. The number of carbonyl (C=O) groups is 2. The molecule has 142 valence electrons. The zero-order valence-electron chi connectivity index (χ0n) is 15.6. The summed E-state index contributed by atoms with van der Waals surface area (Å²) in [5.41, 5.74) is 1.86. The van der Waals surface area contributed by atoms with Crippen LogP contribution in [0.15, 0.2) is 42.5 Å². The fourth-order valence-electron chi connectivity index (χ4n) is 2.62. The Morgan fingerprint density at radius 3 is 2.07 bits per heavy atom. The predicted molar refractivity (Wildman–Crippen MR) is 105 cm³/mol. The van der Waals surface area contributed by atoms with Crippen molar-refractivity contribution in [2.24, 2.45) is 5.92 Å². The molecule has 2 aromatic carbocycles. The molecule has 0 unspecified atom stereocenters. The van der Waals surface area contributed by atoms with Gasteiger partial charge in [-0.25, -0.2) is 0 Å². The summed E-state index contributed by atoms with van der Waals surface area (Å²) in [5, 5.41) is 5.72. The lowest BCUT2D eigenvalue weighted by atomic mass is 10.1. The summed E-state index contributed by atoms with van der Waals surface area (Å²) in [6.45, 7) is 4.79. The van der Waals surface area contributed by atoms with Crippen molar-refractivity contribution >= 4 is 23.2 Å². The minimum atomic E-state index is -0.242. The molecule has 1 saturated carbocycles. The first-order chi connectivity index (χ1) is 13.1. The zero-order valence-corrected chi connectivity index (χ0v) is 15.6. The van der Waals surface area contributed by atoms with Crippen molar-refractivity contribution in [2.75, 3.05) is 23.8 Å². The summed E-state index contributed by atoms with van der Waals surface area (Å²) in [6.07, 6.45) is 1.93. The molecule has 0 bridgehead atoms. The Balaban J connectivity index is 1.65. The van der Waals surface area contributed by atoms with Crippen LogP contribution in [0.2, 0.25) is 0 Å². The summed E-state index contributed by atoms with van der Waals surface area (Å²) in [5.74, 6) is 1.14. The van der Waals surface area contributed by atoms with E-state index in [1.165, 1.54) is 0 Å². The Kier molecular flexibility index (Phi) is 5.96. The van der Waals surface area contributed by atoms with Crippen LogP contribution < -0.4 is 20.1 Å². The molecule has 27 heavy (non-hydrogen) atoms. The molecule has 0 aliphatic heterocycles. The minimum Gasteiger partial charge on any atom is -0.490 e. The smallest absolute Gasteiger partial charge is 0.255 e. The third kappa shape index (κ3) is 5.00. The molecule has 2 aromatic rings. The number of hydrogen-bond donors (Lipinski definition) is 2. The fourth-order valence-corrected chi connectivity index (χ4v) is 2.62. The number of amides is 2. The van der Waals surface area contributed by atoms with E-state index in [1.54, 1.807) is 42.5 Å². The first-order valence-electron chi connectivity index (χ1n) is 9.22. The third-order valence-corrected chi connectivity index (χ3v) is 4.16. The average molecular weight is 368 g/mol. The van der Waals surface area contributed by atoms with E-state index in [1.807, 2.05) is 13.8 Å². The second kappa shape index (κ2) is 8.58. The highest BCUT2D eigenvalue weighted by Crippen LogP contribution is 2.31. The summed E-state index contributed by atoms with van der Waals surface area (Å²) >= 11 is 0. The monoisotopic (exact) mass is 368 g/mol. The minimum absolute atomic E-state index is 0.0598. The normalized spacial score (nSPS) is 13.0. The fraction of sp³-hybridized carbons (Fsp3) is 0.333. The van der Waals surface area contributed by atoms with E-state index in [2.05, 4.69) is 10.6 Å². The molecule has 2 amide bonds. The van der Waals surface area contributed by atoms with Gasteiger partial charge in [-0.2, -0.15) is 0 Å². The Labute approximate surface area is 158 Å². The van der Waals surface area contributed by atoms with Crippen LogP contribution in [0.5, 0.6) is 11.5 Å². The topological polar surface area (TPSA) is 76.7 Å². The molecular weight excluding hydrogens is 344 g/mol. The van der Waals surface area contributed by atoms with Gasteiger partial charge in [-0.3, -0.25) is 9.59 Å². The number of rotatable bonds is 8. The van der Waals surface area contributed by atoms with Gasteiger partial charge in [0.05, 0.1) is 13.2 Å². The van der Waals surface area contributed by atoms with E-state index >= 15 is 0 Å². The number of anilines is 2. The Bertz CT molecular complexity index is 813. The maximum atomic E-state index is 12.5. The predicted octanol–water partition coefficient (Wildman–Crippen LogP) is 4.08. The van der Waals surface area contributed by atoms with Crippen molar-refractivity contribution in [3.8, 4) is 11.5 Å². The molecule has 0 atom stereocenters. The molecule has 6 heteroatoms. The summed E-state index contributed by atoms with van der Waals surface area (Å²) in [6, 6.07) is 12.2. The van der Waals surface area contributed by atoms with Crippen molar-refractivity contribution in [1.29, 1.82) is 0 Å². The number of ether oxygens (including phenoxy) is 2. The molecule has 2 N–H and O–H groups in total. The highest BCUT2D eigenvalue weighted by molar-refractivity contribution is 6.04. The molecule has 0 heterocycles. The van der Waals surface area contributed by atoms with E-state index in [-0.39, 0.29) is 17.7 Å². The van der Waals surface area contributed by atoms with Gasteiger partial charge in [0.15, 0.2) is 11.5 Å². The standard InChI is InChI=1S/C21H24N2O4/c1-3-26-18-12-7-15(13-19(18)27-4-2)21(25)23-17-10-8-16(9-11-17)22-20(24)14-5-6-14/h7-14H,3-6H2,1-2H3,(H,22,24)(H,23,25). The van der Waals surface area contributed by atoms with E-state index in [9.17, 15) is 9.59 Å². The van der Waals surface area contributed by atoms with Crippen LogP contribution in [-0.2, 0) is 4.79 Å². The summed E-state index contributed by atoms with van der Waals surface area (Å²) < 4.78 is 11.1. The molecule has 1 aliphatic carbocycles. The van der Waals surface area contributed by atoms with Gasteiger partial charge in [-0.15, -0.1) is 0 Å². The highest BCUT2D eigenvalue weighted by Gasteiger charge is 2.29. The van der Waals surface area contributed by atoms with Crippen LogP contribution in [0, 0.1) is 5.92 Å². The second-order valence-electron chi connectivity index (χ2n) is 6.32. The van der Waals surface area contributed by atoms with Gasteiger partial charge in [-0.05, 0) is 69.2 Å². The quantitative estimate of drug-likeness (QED) is 0.736. The van der Waals surface area contributed by atoms with Crippen LogP contribution in [0.3, 0.4) is 0 Å². The van der Waals surface area contributed by atoms with Gasteiger partial charge in [0, 0.05) is 22.9 Å².